The van der Waals surface area contributed by atoms with Gasteiger partial charge in [0.05, 0.1) is 0 Å². The third-order valence-electron chi connectivity index (χ3n) is 4.08. The minimum Gasteiger partial charge on any atom is -0.369 e. The summed E-state index contributed by atoms with van der Waals surface area (Å²) in [6.07, 6.45) is 5.59. The summed E-state index contributed by atoms with van der Waals surface area (Å²) in [6, 6.07) is 3.33. The maximum atomic E-state index is 12.8. The van der Waals surface area contributed by atoms with Crippen LogP contribution in [0.1, 0.15) is 39.5 Å². The quantitative estimate of drug-likeness (QED) is 0.877. The molecule has 0 amide bonds. The predicted octanol–water partition coefficient (Wildman–Crippen LogP) is 2.71. The van der Waals surface area contributed by atoms with Gasteiger partial charge < -0.3 is 5.32 Å². The summed E-state index contributed by atoms with van der Waals surface area (Å²) in [5.41, 5.74) is 0. The molecule has 5 nitrogen and oxygen atoms in total. The molecule has 1 aliphatic rings. The number of piperidine rings is 1. The SMILES string of the molecule is CCCNc1ncccc1S(=O)(=O)N1CCC(CC)CC1. The van der Waals surface area contributed by atoms with Crippen LogP contribution in [0.3, 0.4) is 0 Å². The van der Waals surface area contributed by atoms with E-state index in [9.17, 15) is 8.42 Å². The molecule has 1 aromatic heterocycles. The summed E-state index contributed by atoms with van der Waals surface area (Å²) in [7, 11) is -3.45. The first-order valence-electron chi connectivity index (χ1n) is 7.78. The second kappa shape index (κ2) is 7.22. The Morgan fingerprint density at radius 1 is 1.33 bits per heavy atom. The molecule has 0 atom stereocenters. The number of nitrogens with one attached hydrogen (secondary N) is 1. The number of rotatable bonds is 6. The highest BCUT2D eigenvalue weighted by Gasteiger charge is 2.30. The zero-order chi connectivity index (χ0) is 15.3. The highest BCUT2D eigenvalue weighted by atomic mass is 32.2. The molecule has 1 aliphatic heterocycles. The van der Waals surface area contributed by atoms with E-state index in [4.69, 9.17) is 0 Å². The van der Waals surface area contributed by atoms with E-state index in [1.807, 2.05) is 6.92 Å². The molecule has 1 fully saturated rings. The van der Waals surface area contributed by atoms with Crippen molar-refractivity contribution in [2.45, 2.75) is 44.4 Å². The summed E-state index contributed by atoms with van der Waals surface area (Å²) in [4.78, 5) is 4.49. The number of sulfonamides is 1. The van der Waals surface area contributed by atoms with Crippen LogP contribution in [-0.4, -0.2) is 37.3 Å². The minimum atomic E-state index is -3.45. The third-order valence-corrected chi connectivity index (χ3v) is 6.01. The number of pyridine rings is 1. The number of aromatic nitrogens is 1. The molecule has 2 rings (SSSR count). The largest absolute Gasteiger partial charge is 0.369 e. The molecule has 1 saturated heterocycles. The first kappa shape index (κ1) is 16.2. The van der Waals surface area contributed by atoms with Gasteiger partial charge in [0.15, 0.2) is 0 Å². The molecule has 0 radical (unpaired) electrons. The van der Waals surface area contributed by atoms with Crippen LogP contribution < -0.4 is 5.32 Å². The Morgan fingerprint density at radius 3 is 2.67 bits per heavy atom. The Hall–Kier alpha value is -1.14. The number of hydrogen-bond donors (Lipinski definition) is 1. The molecule has 1 N–H and O–H groups in total. The van der Waals surface area contributed by atoms with Gasteiger partial charge in [0.2, 0.25) is 10.0 Å². The molecule has 0 aromatic carbocycles. The first-order valence-corrected chi connectivity index (χ1v) is 9.22. The summed E-state index contributed by atoms with van der Waals surface area (Å²) >= 11 is 0. The van der Waals surface area contributed by atoms with Crippen LogP contribution in [-0.2, 0) is 10.0 Å². The fourth-order valence-electron chi connectivity index (χ4n) is 2.67. The normalized spacial score (nSPS) is 17.8. The molecule has 0 saturated carbocycles. The Morgan fingerprint density at radius 2 is 2.05 bits per heavy atom. The lowest BCUT2D eigenvalue weighted by atomic mass is 9.96. The molecule has 0 aliphatic carbocycles. The second-order valence-corrected chi connectivity index (χ2v) is 7.44. The van der Waals surface area contributed by atoms with Crippen molar-refractivity contribution in [3.8, 4) is 0 Å². The van der Waals surface area contributed by atoms with E-state index in [0.717, 1.165) is 32.2 Å². The maximum Gasteiger partial charge on any atom is 0.246 e. The Labute approximate surface area is 127 Å². The standard InChI is InChI=1S/C15H25N3O2S/c1-3-9-16-15-14(6-5-10-17-15)21(19,20)18-11-7-13(4-2)8-12-18/h5-6,10,13H,3-4,7-9,11-12H2,1-2H3,(H,16,17). The summed E-state index contributed by atoms with van der Waals surface area (Å²) in [5, 5.41) is 3.11. The van der Waals surface area contributed by atoms with Gasteiger partial charge in [0, 0.05) is 25.8 Å². The van der Waals surface area contributed by atoms with E-state index in [1.54, 1.807) is 22.6 Å². The topological polar surface area (TPSA) is 62.3 Å². The first-order chi connectivity index (χ1) is 10.1. The predicted molar refractivity (Wildman–Crippen MR) is 84.8 cm³/mol. The Balaban J connectivity index is 2.20. The lowest BCUT2D eigenvalue weighted by Crippen LogP contribution is -2.38. The van der Waals surface area contributed by atoms with Gasteiger partial charge in [-0.3, -0.25) is 0 Å². The molecular weight excluding hydrogens is 286 g/mol. The summed E-state index contributed by atoms with van der Waals surface area (Å²) in [5.74, 6) is 1.13. The van der Waals surface area contributed by atoms with Gasteiger partial charge in [0.25, 0.3) is 0 Å². The van der Waals surface area contributed by atoms with E-state index in [2.05, 4.69) is 17.2 Å². The highest BCUT2D eigenvalue weighted by molar-refractivity contribution is 7.89. The molecule has 21 heavy (non-hydrogen) atoms. The molecule has 2 heterocycles. The van der Waals surface area contributed by atoms with Crippen LogP contribution in [0.15, 0.2) is 23.2 Å². The van der Waals surface area contributed by atoms with Crippen LogP contribution in [0.5, 0.6) is 0 Å². The average Bonchev–Trinajstić information content (AvgIpc) is 2.53. The van der Waals surface area contributed by atoms with Crippen LogP contribution in [0, 0.1) is 5.92 Å². The van der Waals surface area contributed by atoms with Crippen molar-refractivity contribution < 1.29 is 8.42 Å². The highest BCUT2D eigenvalue weighted by Crippen LogP contribution is 2.28. The van der Waals surface area contributed by atoms with Crippen molar-refractivity contribution in [1.29, 1.82) is 0 Å². The van der Waals surface area contributed by atoms with Gasteiger partial charge in [-0.05, 0) is 37.3 Å². The van der Waals surface area contributed by atoms with E-state index < -0.39 is 10.0 Å². The molecular formula is C15H25N3O2S. The Kier molecular flexibility index (Phi) is 5.58. The van der Waals surface area contributed by atoms with Gasteiger partial charge in [-0.25, -0.2) is 13.4 Å². The minimum absolute atomic E-state index is 0.299. The van der Waals surface area contributed by atoms with Crippen LogP contribution in [0.4, 0.5) is 5.82 Å². The van der Waals surface area contributed by atoms with Crippen LogP contribution >= 0.6 is 0 Å². The third kappa shape index (κ3) is 3.74. The maximum absolute atomic E-state index is 12.8. The molecule has 0 bridgehead atoms. The smallest absolute Gasteiger partial charge is 0.246 e. The molecule has 1 aromatic rings. The second-order valence-electron chi connectivity index (χ2n) is 5.53. The lowest BCUT2D eigenvalue weighted by molar-refractivity contribution is 0.269. The monoisotopic (exact) mass is 311 g/mol. The van der Waals surface area contributed by atoms with Crippen molar-refractivity contribution in [2.24, 2.45) is 5.92 Å². The van der Waals surface area contributed by atoms with Gasteiger partial charge in [-0.2, -0.15) is 4.31 Å². The fourth-order valence-corrected chi connectivity index (χ4v) is 4.26. The van der Waals surface area contributed by atoms with E-state index in [0.29, 0.717) is 29.7 Å². The molecule has 118 valence electrons. The zero-order valence-electron chi connectivity index (χ0n) is 12.9. The summed E-state index contributed by atoms with van der Waals surface area (Å²) < 4.78 is 27.2. The summed E-state index contributed by atoms with van der Waals surface area (Å²) in [6.45, 7) is 6.16. The van der Waals surface area contributed by atoms with E-state index in [-0.39, 0.29) is 0 Å². The molecule has 6 heteroatoms. The van der Waals surface area contributed by atoms with Crippen molar-refractivity contribution in [3.05, 3.63) is 18.3 Å². The van der Waals surface area contributed by atoms with Crippen LogP contribution in [0.25, 0.3) is 0 Å². The van der Waals surface area contributed by atoms with Crippen molar-refractivity contribution >= 4 is 15.8 Å². The molecule has 0 unspecified atom stereocenters. The van der Waals surface area contributed by atoms with E-state index >= 15 is 0 Å². The van der Waals surface area contributed by atoms with Crippen LogP contribution in [0.2, 0.25) is 0 Å². The Bertz CT molecular complexity index is 552. The number of nitrogens with zero attached hydrogens (tertiary/aromatic N) is 2. The number of anilines is 1. The fraction of sp³-hybridized carbons (Fsp3) is 0.667. The van der Waals surface area contributed by atoms with Gasteiger partial charge in [0.1, 0.15) is 10.7 Å². The van der Waals surface area contributed by atoms with Crippen molar-refractivity contribution in [2.75, 3.05) is 25.0 Å². The average molecular weight is 311 g/mol. The van der Waals surface area contributed by atoms with E-state index in [1.165, 1.54) is 0 Å². The van der Waals surface area contributed by atoms with Gasteiger partial charge in [-0.15, -0.1) is 0 Å². The lowest BCUT2D eigenvalue weighted by Gasteiger charge is -2.31. The van der Waals surface area contributed by atoms with Gasteiger partial charge >= 0.3 is 0 Å². The van der Waals surface area contributed by atoms with Gasteiger partial charge in [-0.1, -0.05) is 20.3 Å². The number of hydrogen-bond acceptors (Lipinski definition) is 4. The molecule has 0 spiro atoms. The van der Waals surface area contributed by atoms with Crippen molar-refractivity contribution in [3.63, 3.8) is 0 Å². The van der Waals surface area contributed by atoms with Crippen molar-refractivity contribution in [1.82, 2.24) is 9.29 Å². The zero-order valence-corrected chi connectivity index (χ0v) is 13.7.